The fourth-order valence-electron chi connectivity index (χ4n) is 3.09. The average molecular weight is 240 g/mol. The van der Waals surface area contributed by atoms with Gasteiger partial charge in [-0.05, 0) is 43.7 Å². The number of hydrogen-bond donors (Lipinski definition) is 1. The van der Waals surface area contributed by atoms with Crippen LogP contribution in [-0.4, -0.2) is 50.8 Å². The van der Waals surface area contributed by atoms with Crippen LogP contribution in [0.5, 0.6) is 0 Å². The van der Waals surface area contributed by atoms with E-state index in [0.717, 1.165) is 31.5 Å². The Morgan fingerprint density at radius 2 is 2.06 bits per heavy atom. The molecule has 3 atom stereocenters. The summed E-state index contributed by atoms with van der Waals surface area (Å²) in [6.07, 6.45) is 3.88. The molecule has 2 aliphatic rings. The molecule has 2 fully saturated rings. The zero-order valence-corrected chi connectivity index (χ0v) is 11.7. The van der Waals surface area contributed by atoms with E-state index in [-0.39, 0.29) is 0 Å². The second kappa shape index (κ2) is 5.68. The molecule has 3 nitrogen and oxygen atoms in total. The molecule has 0 aromatic carbocycles. The molecule has 0 amide bonds. The Hall–Kier alpha value is -0.120. The highest BCUT2D eigenvalue weighted by atomic mass is 16.5. The topological polar surface area (TPSA) is 24.5 Å². The maximum Gasteiger partial charge on any atom is 0.0467 e. The number of piperidine rings is 1. The first kappa shape index (κ1) is 13.3. The van der Waals surface area contributed by atoms with Crippen molar-refractivity contribution in [2.45, 2.75) is 39.2 Å². The minimum Gasteiger partial charge on any atom is -0.385 e. The molecule has 0 saturated carbocycles. The molecule has 2 bridgehead atoms. The van der Waals surface area contributed by atoms with E-state index in [2.05, 4.69) is 24.1 Å². The summed E-state index contributed by atoms with van der Waals surface area (Å²) >= 11 is 0. The largest absolute Gasteiger partial charge is 0.385 e. The van der Waals surface area contributed by atoms with E-state index in [9.17, 15) is 0 Å². The monoisotopic (exact) mass is 240 g/mol. The molecule has 0 radical (unpaired) electrons. The van der Waals surface area contributed by atoms with Gasteiger partial charge in [0.05, 0.1) is 0 Å². The fourth-order valence-corrected chi connectivity index (χ4v) is 3.09. The van der Waals surface area contributed by atoms with Gasteiger partial charge in [-0.25, -0.2) is 0 Å². The van der Waals surface area contributed by atoms with E-state index in [1.807, 2.05) is 0 Å². The van der Waals surface area contributed by atoms with E-state index in [1.165, 1.54) is 32.5 Å². The molecule has 17 heavy (non-hydrogen) atoms. The predicted octanol–water partition coefficient (Wildman–Crippen LogP) is 1.73. The Labute approximate surface area is 106 Å². The molecule has 0 aromatic heterocycles. The summed E-state index contributed by atoms with van der Waals surface area (Å²) in [5.74, 6) is 0.905. The number of fused-ring (bicyclic) bond motifs is 2. The van der Waals surface area contributed by atoms with Crippen molar-refractivity contribution in [1.82, 2.24) is 10.2 Å². The van der Waals surface area contributed by atoms with Crippen LogP contribution in [-0.2, 0) is 4.74 Å². The molecule has 0 aromatic rings. The highest BCUT2D eigenvalue weighted by molar-refractivity contribution is 4.91. The molecular formula is C14H28N2O. The molecule has 100 valence electrons. The normalized spacial score (nSPS) is 33.0. The molecule has 0 aliphatic carbocycles. The molecule has 2 heterocycles. The SMILES string of the molecule is COCCC(C)(C)CNC1CCN2CCC1C2. The molecule has 2 saturated heterocycles. The zero-order chi connectivity index (χ0) is 12.3. The summed E-state index contributed by atoms with van der Waals surface area (Å²) < 4.78 is 5.18. The zero-order valence-electron chi connectivity index (χ0n) is 11.7. The van der Waals surface area contributed by atoms with Crippen LogP contribution in [0.25, 0.3) is 0 Å². The molecule has 3 heteroatoms. The third-order valence-electron chi connectivity index (χ3n) is 4.46. The van der Waals surface area contributed by atoms with E-state index < -0.39 is 0 Å². The van der Waals surface area contributed by atoms with Crippen LogP contribution in [0.3, 0.4) is 0 Å². The van der Waals surface area contributed by atoms with Gasteiger partial charge >= 0.3 is 0 Å². The lowest BCUT2D eigenvalue weighted by atomic mass is 9.87. The lowest BCUT2D eigenvalue weighted by molar-refractivity contribution is 0.142. The number of hydrogen-bond acceptors (Lipinski definition) is 3. The van der Waals surface area contributed by atoms with Gasteiger partial charge in [0, 0.05) is 32.8 Å². The lowest BCUT2D eigenvalue weighted by Crippen LogP contribution is -2.46. The Kier molecular flexibility index (Phi) is 4.45. The number of nitrogens with zero attached hydrogens (tertiary/aromatic N) is 1. The molecule has 3 unspecified atom stereocenters. The molecule has 1 N–H and O–H groups in total. The van der Waals surface area contributed by atoms with Crippen molar-refractivity contribution in [2.75, 3.05) is 39.9 Å². The highest BCUT2D eigenvalue weighted by Crippen LogP contribution is 2.28. The first-order valence-electron chi connectivity index (χ1n) is 7.05. The maximum absolute atomic E-state index is 5.18. The van der Waals surface area contributed by atoms with Gasteiger partial charge in [-0.3, -0.25) is 0 Å². The van der Waals surface area contributed by atoms with Gasteiger partial charge in [-0.15, -0.1) is 0 Å². The van der Waals surface area contributed by atoms with Gasteiger partial charge in [-0.1, -0.05) is 13.8 Å². The first-order chi connectivity index (χ1) is 8.11. The second-order valence-electron chi connectivity index (χ2n) is 6.53. The third-order valence-corrected chi connectivity index (χ3v) is 4.46. The molecule has 2 aliphatic heterocycles. The Morgan fingerprint density at radius 1 is 1.29 bits per heavy atom. The van der Waals surface area contributed by atoms with Crippen molar-refractivity contribution >= 4 is 0 Å². The van der Waals surface area contributed by atoms with Gasteiger partial charge < -0.3 is 15.0 Å². The summed E-state index contributed by atoms with van der Waals surface area (Å²) in [7, 11) is 1.79. The van der Waals surface area contributed by atoms with Gasteiger partial charge in [0.1, 0.15) is 0 Å². The fraction of sp³-hybridized carbons (Fsp3) is 1.00. The molecular weight excluding hydrogens is 212 g/mol. The van der Waals surface area contributed by atoms with Crippen molar-refractivity contribution in [3.8, 4) is 0 Å². The summed E-state index contributed by atoms with van der Waals surface area (Å²) in [5, 5.41) is 3.82. The summed E-state index contributed by atoms with van der Waals surface area (Å²) in [6, 6.07) is 0.760. The van der Waals surface area contributed by atoms with E-state index in [1.54, 1.807) is 7.11 Å². The van der Waals surface area contributed by atoms with E-state index in [4.69, 9.17) is 4.74 Å². The van der Waals surface area contributed by atoms with Crippen LogP contribution >= 0.6 is 0 Å². The Morgan fingerprint density at radius 3 is 2.82 bits per heavy atom. The first-order valence-corrected chi connectivity index (χ1v) is 7.05. The van der Waals surface area contributed by atoms with Crippen molar-refractivity contribution in [3.63, 3.8) is 0 Å². The summed E-state index contributed by atoms with van der Waals surface area (Å²) in [4.78, 5) is 2.61. The number of rotatable bonds is 6. The lowest BCUT2D eigenvalue weighted by Gasteiger charge is -2.34. The van der Waals surface area contributed by atoms with Crippen molar-refractivity contribution in [2.24, 2.45) is 11.3 Å². The highest BCUT2D eigenvalue weighted by Gasteiger charge is 2.34. The van der Waals surface area contributed by atoms with Crippen molar-refractivity contribution in [3.05, 3.63) is 0 Å². The minimum absolute atomic E-state index is 0.353. The third kappa shape index (κ3) is 3.67. The number of nitrogens with one attached hydrogen (secondary N) is 1. The Bertz CT molecular complexity index is 242. The molecule has 0 spiro atoms. The summed E-state index contributed by atoms with van der Waals surface area (Å²) in [5.41, 5.74) is 0.353. The minimum atomic E-state index is 0.353. The standard InChI is InChI=1S/C14H28N2O/c1-14(2,6-9-17-3)11-15-13-5-8-16-7-4-12(13)10-16/h12-13,15H,4-11H2,1-3H3. The van der Waals surface area contributed by atoms with Crippen molar-refractivity contribution < 1.29 is 4.74 Å². The van der Waals surface area contributed by atoms with E-state index >= 15 is 0 Å². The van der Waals surface area contributed by atoms with E-state index in [0.29, 0.717) is 5.41 Å². The van der Waals surface area contributed by atoms with Crippen LogP contribution in [0.4, 0.5) is 0 Å². The second-order valence-corrected chi connectivity index (χ2v) is 6.53. The van der Waals surface area contributed by atoms with Gasteiger partial charge in [0.15, 0.2) is 0 Å². The molecule has 2 rings (SSSR count). The van der Waals surface area contributed by atoms with Crippen LogP contribution in [0, 0.1) is 11.3 Å². The average Bonchev–Trinajstić information content (AvgIpc) is 2.68. The van der Waals surface area contributed by atoms with Crippen LogP contribution in [0.2, 0.25) is 0 Å². The summed E-state index contributed by atoms with van der Waals surface area (Å²) in [6.45, 7) is 10.6. The number of ether oxygens (including phenoxy) is 1. The smallest absolute Gasteiger partial charge is 0.0467 e. The van der Waals surface area contributed by atoms with Gasteiger partial charge in [0.25, 0.3) is 0 Å². The van der Waals surface area contributed by atoms with Crippen LogP contribution in [0.1, 0.15) is 33.1 Å². The van der Waals surface area contributed by atoms with Crippen LogP contribution < -0.4 is 5.32 Å². The van der Waals surface area contributed by atoms with Gasteiger partial charge in [0.2, 0.25) is 0 Å². The number of methoxy groups -OCH3 is 1. The van der Waals surface area contributed by atoms with Gasteiger partial charge in [-0.2, -0.15) is 0 Å². The van der Waals surface area contributed by atoms with Crippen molar-refractivity contribution in [1.29, 1.82) is 0 Å². The predicted molar refractivity (Wildman–Crippen MR) is 71.2 cm³/mol. The quantitative estimate of drug-likeness (QED) is 0.765. The maximum atomic E-state index is 5.18. The van der Waals surface area contributed by atoms with Crippen LogP contribution in [0.15, 0.2) is 0 Å². The Balaban J connectivity index is 1.73.